The van der Waals surface area contributed by atoms with Gasteiger partial charge in [0.2, 0.25) is 0 Å². The number of rotatable bonds is 6. The predicted molar refractivity (Wildman–Crippen MR) is 180 cm³/mol. The number of carbonyl (C=O) groups is 2. The van der Waals surface area contributed by atoms with E-state index in [4.69, 9.17) is 10.5 Å². The second-order valence-electron chi connectivity index (χ2n) is 17.6. The Morgan fingerprint density at radius 3 is 2.36 bits per heavy atom. The number of hydrogen-bond acceptors (Lipinski definition) is 5. The summed E-state index contributed by atoms with van der Waals surface area (Å²) in [5.41, 5.74) is 11.6. The van der Waals surface area contributed by atoms with E-state index in [1.54, 1.807) is 0 Å². The van der Waals surface area contributed by atoms with Gasteiger partial charge in [-0.05, 0) is 133 Å². The first-order valence-electron chi connectivity index (χ1n) is 18.3. The summed E-state index contributed by atoms with van der Waals surface area (Å²) in [6.45, 7) is 19.7. The molecule has 0 bridgehead atoms. The highest BCUT2D eigenvalue weighted by molar-refractivity contribution is 6.00. The van der Waals surface area contributed by atoms with Gasteiger partial charge in [-0.1, -0.05) is 66.2 Å². The van der Waals surface area contributed by atoms with Gasteiger partial charge in [-0.15, -0.1) is 0 Å². The number of allylic oxidation sites excluding steroid dienone is 5. The number of esters is 1. The molecule has 0 aromatic rings. The van der Waals surface area contributed by atoms with Crippen molar-refractivity contribution in [1.29, 1.82) is 0 Å². The van der Waals surface area contributed by atoms with Crippen molar-refractivity contribution in [3.8, 4) is 0 Å². The maximum absolute atomic E-state index is 13.7. The number of hydrogen-bond donors (Lipinski definition) is 2. The van der Waals surface area contributed by atoms with Crippen LogP contribution in [0.2, 0.25) is 0 Å². The molecule has 2 unspecified atom stereocenters. The molecule has 0 spiro atoms. The van der Waals surface area contributed by atoms with Crippen LogP contribution in [0.5, 0.6) is 0 Å². The Hall–Kier alpha value is -1.72. The largest absolute Gasteiger partial charge is 0.466 e. The molecule has 0 aromatic heterocycles. The van der Waals surface area contributed by atoms with E-state index in [1.807, 2.05) is 6.92 Å². The molecule has 0 heterocycles. The normalized spacial score (nSPS) is 43.0. The lowest BCUT2D eigenvalue weighted by Crippen LogP contribution is -2.64. The van der Waals surface area contributed by atoms with Crippen LogP contribution < -0.4 is 5.73 Å². The lowest BCUT2D eigenvalue weighted by Gasteiger charge is -2.71. The minimum atomic E-state index is -0.652. The van der Waals surface area contributed by atoms with Crippen molar-refractivity contribution < 1.29 is 19.4 Å². The molecule has 0 aromatic carbocycles. The Labute approximate surface area is 272 Å². The SMILES string of the molecule is CCOC(=O)C1CC=C(C2=CC[C@]3(C)[C@H]4CC[C@@H]5C6=C(C(C)C)C(=O)C[C@]6(C(O)CN)CC[C@@]5(C)[C@]4(C)CC[C@H]3C2(C)C)CC1. The fourth-order valence-corrected chi connectivity index (χ4v) is 13.0. The van der Waals surface area contributed by atoms with E-state index in [-0.39, 0.29) is 51.8 Å². The van der Waals surface area contributed by atoms with Crippen molar-refractivity contribution >= 4 is 11.8 Å². The first-order chi connectivity index (χ1) is 21.1. The Kier molecular flexibility index (Phi) is 8.25. The Morgan fingerprint density at radius 1 is 1.00 bits per heavy atom. The highest BCUT2D eigenvalue weighted by atomic mass is 16.5. The Morgan fingerprint density at radius 2 is 1.73 bits per heavy atom. The maximum Gasteiger partial charge on any atom is 0.309 e. The van der Waals surface area contributed by atoms with Crippen molar-refractivity contribution in [2.75, 3.05) is 13.2 Å². The zero-order valence-corrected chi connectivity index (χ0v) is 29.6. The van der Waals surface area contributed by atoms with E-state index in [9.17, 15) is 14.7 Å². The number of ether oxygens (including phenoxy) is 1. The molecule has 0 amide bonds. The quantitative estimate of drug-likeness (QED) is 0.293. The summed E-state index contributed by atoms with van der Waals surface area (Å²) in [6.07, 6.45) is 15.2. The molecule has 45 heavy (non-hydrogen) atoms. The van der Waals surface area contributed by atoms with Crippen LogP contribution in [0.3, 0.4) is 0 Å². The molecule has 250 valence electrons. The third-order valence-electron chi connectivity index (χ3n) is 15.3. The standard InChI is InChI=1S/C40H61NO4/c1-9-45-35(44)26-12-10-25(11-13-26)27-16-18-37(6)30(36(27,4)5)17-19-39(8)31(37)15-14-28-34-33(24(2)3)29(42)22-40(34,32(43)23-41)21-20-38(28,39)7/h10,16,24,26,28,30-32,43H,9,11-15,17-23,41H2,1-8H3/t26?,28-,30+,31-,32?,37+,38-,39-,40+/m1/s1. The second-order valence-corrected chi connectivity index (χ2v) is 17.6. The topological polar surface area (TPSA) is 89.6 Å². The summed E-state index contributed by atoms with van der Waals surface area (Å²) < 4.78 is 5.34. The van der Waals surface area contributed by atoms with Crippen LogP contribution in [0, 0.1) is 56.7 Å². The molecular weight excluding hydrogens is 558 g/mol. The molecule has 6 rings (SSSR count). The predicted octanol–water partition coefficient (Wildman–Crippen LogP) is 8.11. The lowest BCUT2D eigenvalue weighted by molar-refractivity contribution is -0.202. The first-order valence-corrected chi connectivity index (χ1v) is 18.3. The van der Waals surface area contributed by atoms with Crippen molar-refractivity contribution in [2.45, 2.75) is 132 Å². The van der Waals surface area contributed by atoms with Gasteiger partial charge in [0.15, 0.2) is 5.78 Å². The number of carbonyl (C=O) groups excluding carboxylic acids is 2. The lowest BCUT2D eigenvalue weighted by atomic mass is 9.33. The van der Waals surface area contributed by atoms with Gasteiger partial charge < -0.3 is 15.6 Å². The third-order valence-corrected chi connectivity index (χ3v) is 15.3. The Bertz CT molecular complexity index is 1340. The number of nitrogens with two attached hydrogens (primary N) is 1. The summed E-state index contributed by atoms with van der Waals surface area (Å²) in [6, 6.07) is 0. The van der Waals surface area contributed by atoms with E-state index in [0.29, 0.717) is 30.8 Å². The fraction of sp³-hybridized carbons (Fsp3) is 0.800. The number of aliphatic hydroxyl groups is 1. The molecule has 9 atom stereocenters. The van der Waals surface area contributed by atoms with Gasteiger partial charge in [0.25, 0.3) is 0 Å². The summed E-state index contributed by atoms with van der Waals surface area (Å²) in [5, 5.41) is 11.4. The molecule has 0 aliphatic heterocycles. The molecule has 5 heteroatoms. The summed E-state index contributed by atoms with van der Waals surface area (Å²) in [5.74, 6) is 1.94. The van der Waals surface area contributed by atoms with Crippen molar-refractivity contribution in [3.05, 3.63) is 34.4 Å². The van der Waals surface area contributed by atoms with Crippen molar-refractivity contribution in [2.24, 2.45) is 62.4 Å². The van der Waals surface area contributed by atoms with E-state index in [2.05, 4.69) is 60.6 Å². The first kappa shape index (κ1) is 33.2. The van der Waals surface area contributed by atoms with E-state index in [0.717, 1.165) is 50.5 Å². The Balaban J connectivity index is 1.34. The molecule has 6 aliphatic carbocycles. The number of ketones is 1. The fourth-order valence-electron chi connectivity index (χ4n) is 13.0. The highest BCUT2D eigenvalue weighted by Crippen LogP contribution is 2.77. The van der Waals surface area contributed by atoms with Crippen molar-refractivity contribution in [1.82, 2.24) is 0 Å². The van der Waals surface area contributed by atoms with Gasteiger partial charge >= 0.3 is 5.97 Å². The second kappa shape index (κ2) is 11.2. The zero-order valence-electron chi connectivity index (χ0n) is 29.6. The van der Waals surface area contributed by atoms with Crippen LogP contribution in [-0.4, -0.2) is 36.1 Å². The van der Waals surface area contributed by atoms with Crippen LogP contribution in [0.1, 0.15) is 126 Å². The van der Waals surface area contributed by atoms with Gasteiger partial charge in [0.1, 0.15) is 0 Å². The van der Waals surface area contributed by atoms with Gasteiger partial charge in [-0.3, -0.25) is 9.59 Å². The monoisotopic (exact) mass is 619 g/mol. The minimum Gasteiger partial charge on any atom is -0.466 e. The van der Waals surface area contributed by atoms with E-state index < -0.39 is 11.5 Å². The van der Waals surface area contributed by atoms with Crippen LogP contribution >= 0.6 is 0 Å². The smallest absolute Gasteiger partial charge is 0.309 e. The van der Waals surface area contributed by atoms with Gasteiger partial charge in [0, 0.05) is 18.4 Å². The van der Waals surface area contributed by atoms with Crippen molar-refractivity contribution in [3.63, 3.8) is 0 Å². The molecule has 5 nitrogen and oxygen atoms in total. The van der Waals surface area contributed by atoms with Gasteiger partial charge in [-0.25, -0.2) is 0 Å². The summed E-state index contributed by atoms with van der Waals surface area (Å²) in [4.78, 5) is 26.1. The average Bonchev–Trinajstić information content (AvgIpc) is 3.30. The summed E-state index contributed by atoms with van der Waals surface area (Å²) in [7, 11) is 0. The van der Waals surface area contributed by atoms with Crippen LogP contribution in [0.15, 0.2) is 34.4 Å². The third kappa shape index (κ3) is 4.51. The average molecular weight is 620 g/mol. The molecule has 6 aliphatic rings. The molecule has 0 saturated heterocycles. The molecule has 3 N–H and O–H groups in total. The van der Waals surface area contributed by atoms with Crippen LogP contribution in [0.4, 0.5) is 0 Å². The molecular formula is C40H61NO4. The highest BCUT2D eigenvalue weighted by Gasteiger charge is 2.70. The van der Waals surface area contributed by atoms with Crippen LogP contribution in [0.25, 0.3) is 0 Å². The number of fused-ring (bicyclic) bond motifs is 7. The molecule has 3 fully saturated rings. The van der Waals surface area contributed by atoms with E-state index >= 15 is 0 Å². The molecule has 3 saturated carbocycles. The van der Waals surface area contributed by atoms with Gasteiger partial charge in [0.05, 0.1) is 18.6 Å². The van der Waals surface area contributed by atoms with E-state index in [1.165, 1.54) is 36.0 Å². The minimum absolute atomic E-state index is 0.000679. The number of Topliss-reactive ketones (excluding diaryl/α,β-unsaturated/α-hetero) is 1. The molecule has 0 radical (unpaired) electrons. The van der Waals surface area contributed by atoms with Crippen LogP contribution in [-0.2, 0) is 14.3 Å². The maximum atomic E-state index is 13.7. The zero-order chi connectivity index (χ0) is 32.7. The summed E-state index contributed by atoms with van der Waals surface area (Å²) >= 11 is 0. The number of aliphatic hydroxyl groups excluding tert-OH is 1. The van der Waals surface area contributed by atoms with Gasteiger partial charge in [-0.2, -0.15) is 0 Å².